The zero-order valence-corrected chi connectivity index (χ0v) is 15.4. The monoisotopic (exact) mass is 379 g/mol. The van der Waals surface area contributed by atoms with Gasteiger partial charge >= 0.3 is 6.09 Å². The van der Waals surface area contributed by atoms with Crippen molar-refractivity contribution in [3.63, 3.8) is 0 Å². The summed E-state index contributed by atoms with van der Waals surface area (Å²) in [6.07, 6.45) is -0.572. The zero-order chi connectivity index (χ0) is 19.1. The maximum Gasteiger partial charge on any atom is 0.416 e. The number of carbonyl (C=O) groups is 1. The minimum atomic E-state index is -0.669. The molecule has 0 saturated heterocycles. The van der Waals surface area contributed by atoms with E-state index in [-0.39, 0.29) is 41.7 Å². The molecule has 0 radical (unpaired) electrons. The number of halogens is 2. The van der Waals surface area contributed by atoms with Crippen LogP contribution in [0.5, 0.6) is 5.75 Å². The van der Waals surface area contributed by atoms with Crippen LogP contribution in [0.25, 0.3) is 11.3 Å². The number of rotatable bonds is 1. The van der Waals surface area contributed by atoms with Crippen LogP contribution in [0.3, 0.4) is 0 Å². The van der Waals surface area contributed by atoms with Crippen LogP contribution in [0, 0.1) is 5.82 Å². The Hall–Kier alpha value is -2.54. The lowest BCUT2D eigenvalue weighted by Gasteiger charge is -2.31. The molecule has 0 spiro atoms. The lowest BCUT2D eigenvalue weighted by Crippen LogP contribution is -2.42. The molecule has 2 aromatic rings. The summed E-state index contributed by atoms with van der Waals surface area (Å²) in [5, 5.41) is 0.361. The van der Waals surface area contributed by atoms with Crippen LogP contribution in [-0.2, 0) is 4.74 Å². The fraction of sp³-hybridized carbons (Fsp3) is 0.333. The third-order valence-corrected chi connectivity index (χ3v) is 3.85. The Labute approximate surface area is 155 Å². The first-order valence-electron chi connectivity index (χ1n) is 8.05. The van der Waals surface area contributed by atoms with Gasteiger partial charge in [-0.1, -0.05) is 11.6 Å². The number of amides is 1. The Kier molecular flexibility index (Phi) is 4.66. The second kappa shape index (κ2) is 6.64. The molecule has 0 unspecified atom stereocenters. The number of benzene rings is 1. The van der Waals surface area contributed by atoms with Gasteiger partial charge in [-0.25, -0.2) is 14.2 Å². The second-order valence-electron chi connectivity index (χ2n) is 6.85. The van der Waals surface area contributed by atoms with Crippen molar-refractivity contribution in [3.8, 4) is 17.0 Å². The maximum atomic E-state index is 14.2. The van der Waals surface area contributed by atoms with Gasteiger partial charge in [0.2, 0.25) is 0 Å². The summed E-state index contributed by atoms with van der Waals surface area (Å²) in [6, 6.07) is 5.63. The summed E-state index contributed by atoms with van der Waals surface area (Å²) in [4.78, 5) is 18.3. The van der Waals surface area contributed by atoms with Crippen LogP contribution >= 0.6 is 11.6 Å². The molecule has 0 saturated carbocycles. The number of carbonyl (C=O) groups excluding carboxylic acids is 1. The molecule has 26 heavy (non-hydrogen) atoms. The summed E-state index contributed by atoms with van der Waals surface area (Å²) < 4.78 is 25.2. The number of anilines is 2. The quantitative estimate of drug-likeness (QED) is 0.801. The summed E-state index contributed by atoms with van der Waals surface area (Å²) in [7, 11) is 0. The maximum absolute atomic E-state index is 14.2. The third kappa shape index (κ3) is 3.67. The van der Waals surface area contributed by atoms with Gasteiger partial charge in [0.15, 0.2) is 11.6 Å². The first-order chi connectivity index (χ1) is 12.2. The normalized spacial score (nSPS) is 13.8. The van der Waals surface area contributed by atoms with E-state index in [0.29, 0.717) is 5.02 Å². The first kappa shape index (κ1) is 18.3. The molecule has 1 aromatic heterocycles. The van der Waals surface area contributed by atoms with Crippen LogP contribution in [0.2, 0.25) is 5.02 Å². The van der Waals surface area contributed by atoms with Gasteiger partial charge in [0.05, 0.1) is 17.9 Å². The van der Waals surface area contributed by atoms with Crippen LogP contribution in [0.15, 0.2) is 24.3 Å². The van der Waals surface area contributed by atoms with E-state index in [1.807, 2.05) is 0 Å². The minimum absolute atomic E-state index is 0.182. The van der Waals surface area contributed by atoms with Crippen molar-refractivity contribution < 1.29 is 18.7 Å². The molecule has 3 rings (SSSR count). The highest BCUT2D eigenvalue weighted by atomic mass is 35.5. The molecule has 1 aliphatic rings. The Balaban J connectivity index is 2.08. The van der Waals surface area contributed by atoms with Gasteiger partial charge in [0, 0.05) is 10.6 Å². The van der Waals surface area contributed by atoms with E-state index in [0.717, 1.165) is 0 Å². The lowest BCUT2D eigenvalue weighted by molar-refractivity contribution is 0.0566. The molecular weight excluding hydrogens is 361 g/mol. The van der Waals surface area contributed by atoms with Crippen molar-refractivity contribution in [2.75, 3.05) is 23.8 Å². The second-order valence-corrected chi connectivity index (χ2v) is 7.29. The summed E-state index contributed by atoms with van der Waals surface area (Å²) in [5.74, 6) is -0.0324. The molecular formula is C18H19ClFN3O3. The van der Waals surface area contributed by atoms with E-state index in [9.17, 15) is 9.18 Å². The molecule has 2 N–H and O–H groups in total. The Morgan fingerprint density at radius 2 is 2.12 bits per heavy atom. The van der Waals surface area contributed by atoms with Crippen molar-refractivity contribution in [2.24, 2.45) is 0 Å². The van der Waals surface area contributed by atoms with Gasteiger partial charge < -0.3 is 15.2 Å². The number of aromatic nitrogens is 1. The molecule has 0 atom stereocenters. The highest BCUT2D eigenvalue weighted by Crippen LogP contribution is 2.39. The summed E-state index contributed by atoms with van der Waals surface area (Å²) in [5.41, 5.74) is 6.07. The van der Waals surface area contributed by atoms with E-state index in [4.69, 9.17) is 26.8 Å². The van der Waals surface area contributed by atoms with E-state index in [1.165, 1.54) is 29.2 Å². The summed E-state index contributed by atoms with van der Waals surface area (Å²) in [6.45, 7) is 5.81. The van der Waals surface area contributed by atoms with Gasteiger partial charge in [-0.05, 0) is 45.0 Å². The number of hydrogen-bond donors (Lipinski definition) is 1. The van der Waals surface area contributed by atoms with Gasteiger partial charge in [-0.2, -0.15) is 0 Å². The largest absolute Gasteiger partial charge is 0.486 e. The minimum Gasteiger partial charge on any atom is -0.486 e. The van der Waals surface area contributed by atoms with Gasteiger partial charge in [0.25, 0.3) is 0 Å². The van der Waals surface area contributed by atoms with Crippen LogP contribution in [0.4, 0.5) is 20.7 Å². The molecule has 0 aliphatic carbocycles. The topological polar surface area (TPSA) is 77.7 Å². The molecule has 6 nitrogen and oxygen atoms in total. The van der Waals surface area contributed by atoms with Crippen LogP contribution in [0.1, 0.15) is 20.8 Å². The molecule has 1 aromatic carbocycles. The predicted molar refractivity (Wildman–Crippen MR) is 98.1 cm³/mol. The molecule has 0 bridgehead atoms. The first-order valence-corrected chi connectivity index (χ1v) is 8.43. The Bertz CT molecular complexity index is 867. The van der Waals surface area contributed by atoms with Crippen molar-refractivity contribution >= 4 is 29.2 Å². The number of nitrogens with zero attached hydrogens (tertiary/aromatic N) is 2. The highest BCUT2D eigenvalue weighted by Gasteiger charge is 2.31. The lowest BCUT2D eigenvalue weighted by atomic mass is 10.1. The predicted octanol–water partition coefficient (Wildman–Crippen LogP) is 4.26. The number of fused-ring (bicyclic) bond motifs is 1. The molecule has 2 heterocycles. The zero-order valence-electron chi connectivity index (χ0n) is 14.7. The molecule has 0 fully saturated rings. The Morgan fingerprint density at radius 1 is 1.38 bits per heavy atom. The van der Waals surface area contributed by atoms with Crippen molar-refractivity contribution in [1.29, 1.82) is 0 Å². The van der Waals surface area contributed by atoms with Crippen molar-refractivity contribution in [2.45, 2.75) is 26.4 Å². The number of nitrogen functional groups attached to an aromatic ring is 1. The van der Waals surface area contributed by atoms with Gasteiger partial charge in [0.1, 0.15) is 18.0 Å². The fourth-order valence-corrected chi connectivity index (χ4v) is 2.71. The van der Waals surface area contributed by atoms with Gasteiger partial charge in [-0.3, -0.25) is 4.90 Å². The molecule has 1 aliphatic heterocycles. The molecule has 1 amide bonds. The number of ether oxygens (including phenoxy) is 2. The third-order valence-electron chi connectivity index (χ3n) is 3.62. The SMILES string of the molecule is CC(C)(C)OC(=O)N1CCOc2c(N)cc(-c3cc(Cl)ccc3F)nc21. The van der Waals surface area contributed by atoms with Crippen LogP contribution < -0.4 is 15.4 Å². The highest BCUT2D eigenvalue weighted by molar-refractivity contribution is 6.30. The number of nitrogens with two attached hydrogens (primary N) is 1. The van der Waals surface area contributed by atoms with E-state index in [2.05, 4.69) is 4.98 Å². The number of hydrogen-bond acceptors (Lipinski definition) is 5. The average molecular weight is 380 g/mol. The average Bonchev–Trinajstić information content (AvgIpc) is 2.55. The van der Waals surface area contributed by atoms with E-state index in [1.54, 1.807) is 20.8 Å². The smallest absolute Gasteiger partial charge is 0.416 e. The molecule has 8 heteroatoms. The van der Waals surface area contributed by atoms with Crippen molar-refractivity contribution in [3.05, 3.63) is 35.1 Å². The van der Waals surface area contributed by atoms with E-state index >= 15 is 0 Å². The summed E-state index contributed by atoms with van der Waals surface area (Å²) >= 11 is 5.97. The van der Waals surface area contributed by atoms with Crippen LogP contribution in [-0.4, -0.2) is 29.8 Å². The fourth-order valence-electron chi connectivity index (χ4n) is 2.54. The van der Waals surface area contributed by atoms with Crippen molar-refractivity contribution in [1.82, 2.24) is 4.98 Å². The number of pyridine rings is 1. The van der Waals surface area contributed by atoms with Gasteiger partial charge in [-0.15, -0.1) is 0 Å². The standard InChI is InChI=1S/C18H19ClFN3O3/c1-18(2,3)26-17(24)23-6-7-25-15-13(21)9-14(22-16(15)23)11-8-10(19)4-5-12(11)20/h4-5,8-9H,6-7H2,1-3H3,(H2,21,22). The Morgan fingerprint density at radius 3 is 2.81 bits per heavy atom. The molecule has 138 valence electrons. The van der Waals surface area contributed by atoms with E-state index < -0.39 is 17.5 Å².